The smallest absolute Gasteiger partial charge is 0.242 e. The van der Waals surface area contributed by atoms with Gasteiger partial charge in [-0.15, -0.1) is 0 Å². The number of nitrogens with one attached hydrogen (secondary N) is 1. The lowest BCUT2D eigenvalue weighted by atomic mass is 10.1. The van der Waals surface area contributed by atoms with E-state index in [0.717, 1.165) is 17.5 Å². The van der Waals surface area contributed by atoms with E-state index in [1.165, 1.54) is 6.07 Å². The minimum absolute atomic E-state index is 0.0127. The van der Waals surface area contributed by atoms with E-state index in [1.807, 2.05) is 30.3 Å². The summed E-state index contributed by atoms with van der Waals surface area (Å²) in [5, 5.41) is 2.91. The molecular weight excluding hydrogens is 411 g/mol. The van der Waals surface area contributed by atoms with Crippen LogP contribution in [0.1, 0.15) is 24.0 Å². The summed E-state index contributed by atoms with van der Waals surface area (Å²) in [5.41, 5.74) is 1.89. The van der Waals surface area contributed by atoms with Crippen LogP contribution in [0.25, 0.3) is 0 Å². The van der Waals surface area contributed by atoms with Crippen LogP contribution in [0.5, 0.6) is 0 Å². The lowest BCUT2D eigenvalue weighted by molar-refractivity contribution is -0.137. The Balaban J connectivity index is 1.52. The first-order chi connectivity index (χ1) is 13.0. The molecule has 3 rings (SSSR count). The van der Waals surface area contributed by atoms with E-state index in [1.54, 1.807) is 17.0 Å². The highest BCUT2D eigenvalue weighted by atomic mass is 79.9. The Labute approximate surface area is 166 Å². The average Bonchev–Trinajstić information content (AvgIpc) is 3.15. The number of rotatable bonds is 6. The van der Waals surface area contributed by atoms with Gasteiger partial charge in [0.15, 0.2) is 0 Å². The fraction of sp³-hybridized carbons (Fsp3) is 0.333. The Hall–Kier alpha value is -2.21. The Bertz CT molecular complexity index is 813. The van der Waals surface area contributed by atoms with Crippen molar-refractivity contribution in [1.29, 1.82) is 0 Å². The van der Waals surface area contributed by atoms with Crippen molar-refractivity contribution in [1.82, 2.24) is 10.2 Å². The van der Waals surface area contributed by atoms with Gasteiger partial charge >= 0.3 is 0 Å². The molecule has 1 aliphatic rings. The Morgan fingerprint density at radius 3 is 2.67 bits per heavy atom. The molecule has 0 spiro atoms. The second-order valence-corrected chi connectivity index (χ2v) is 7.55. The SMILES string of the molecule is O=C(NCCc1ccc(F)c(Br)c1)C1CCCN1C(=O)Cc1ccccc1. The number of halogens is 2. The predicted octanol–water partition coefficient (Wildman–Crippen LogP) is 3.48. The summed E-state index contributed by atoms with van der Waals surface area (Å²) in [6.07, 6.45) is 2.45. The number of carbonyl (C=O) groups is 2. The van der Waals surface area contributed by atoms with Gasteiger partial charge < -0.3 is 10.2 Å². The molecule has 0 radical (unpaired) electrons. The third-order valence-electron chi connectivity index (χ3n) is 4.77. The van der Waals surface area contributed by atoms with Gasteiger partial charge in [-0.3, -0.25) is 9.59 Å². The minimum Gasteiger partial charge on any atom is -0.354 e. The molecule has 4 nitrogen and oxygen atoms in total. The quantitative estimate of drug-likeness (QED) is 0.759. The largest absolute Gasteiger partial charge is 0.354 e. The van der Waals surface area contributed by atoms with Gasteiger partial charge in [-0.25, -0.2) is 4.39 Å². The highest BCUT2D eigenvalue weighted by Crippen LogP contribution is 2.19. The lowest BCUT2D eigenvalue weighted by Crippen LogP contribution is -2.46. The molecule has 2 amide bonds. The Morgan fingerprint density at radius 2 is 1.93 bits per heavy atom. The maximum Gasteiger partial charge on any atom is 0.242 e. The maximum atomic E-state index is 13.3. The molecule has 0 saturated carbocycles. The van der Waals surface area contributed by atoms with E-state index < -0.39 is 6.04 Å². The summed E-state index contributed by atoms with van der Waals surface area (Å²) >= 11 is 3.17. The lowest BCUT2D eigenvalue weighted by Gasteiger charge is -2.24. The number of likely N-dealkylation sites (tertiary alicyclic amines) is 1. The average molecular weight is 433 g/mol. The zero-order valence-electron chi connectivity index (χ0n) is 15.0. The van der Waals surface area contributed by atoms with Crippen LogP contribution in [0.2, 0.25) is 0 Å². The summed E-state index contributed by atoms with van der Waals surface area (Å²) < 4.78 is 13.7. The number of benzene rings is 2. The summed E-state index contributed by atoms with van der Waals surface area (Å²) in [6.45, 7) is 1.07. The Kier molecular flexibility index (Phi) is 6.61. The summed E-state index contributed by atoms with van der Waals surface area (Å²) in [5.74, 6) is -0.433. The third kappa shape index (κ3) is 5.16. The normalized spacial score (nSPS) is 16.4. The first-order valence-electron chi connectivity index (χ1n) is 9.09. The van der Waals surface area contributed by atoms with Crippen LogP contribution in [0.4, 0.5) is 4.39 Å². The molecule has 142 valence electrons. The van der Waals surface area contributed by atoms with Crippen molar-refractivity contribution < 1.29 is 14.0 Å². The maximum absolute atomic E-state index is 13.3. The van der Waals surface area contributed by atoms with Crippen molar-refractivity contribution in [3.63, 3.8) is 0 Å². The van der Waals surface area contributed by atoms with Gasteiger partial charge in [-0.2, -0.15) is 0 Å². The minimum atomic E-state index is -0.402. The third-order valence-corrected chi connectivity index (χ3v) is 5.38. The molecule has 2 aromatic rings. The molecule has 1 saturated heterocycles. The first-order valence-corrected chi connectivity index (χ1v) is 9.89. The topological polar surface area (TPSA) is 49.4 Å². The van der Waals surface area contributed by atoms with Crippen LogP contribution < -0.4 is 5.32 Å². The Morgan fingerprint density at radius 1 is 1.15 bits per heavy atom. The molecule has 1 atom stereocenters. The van der Waals surface area contributed by atoms with Gasteiger partial charge in [0.25, 0.3) is 0 Å². The number of nitrogens with zero attached hydrogens (tertiary/aromatic N) is 1. The van der Waals surface area contributed by atoms with E-state index in [-0.39, 0.29) is 17.6 Å². The summed E-state index contributed by atoms with van der Waals surface area (Å²) in [4.78, 5) is 26.8. The van der Waals surface area contributed by atoms with Crippen LogP contribution in [0.3, 0.4) is 0 Å². The molecule has 2 aromatic carbocycles. The van der Waals surface area contributed by atoms with Crippen LogP contribution in [-0.2, 0) is 22.4 Å². The van der Waals surface area contributed by atoms with Gasteiger partial charge in [0.05, 0.1) is 10.9 Å². The van der Waals surface area contributed by atoms with Crippen molar-refractivity contribution in [2.75, 3.05) is 13.1 Å². The van der Waals surface area contributed by atoms with Gasteiger partial charge in [0.2, 0.25) is 11.8 Å². The van der Waals surface area contributed by atoms with Gasteiger partial charge in [-0.05, 0) is 58.5 Å². The van der Waals surface area contributed by atoms with Gasteiger partial charge in [0.1, 0.15) is 11.9 Å². The summed E-state index contributed by atoms with van der Waals surface area (Å²) in [7, 11) is 0. The number of amides is 2. The van der Waals surface area contributed by atoms with Crippen molar-refractivity contribution in [2.45, 2.75) is 31.7 Å². The molecule has 1 unspecified atom stereocenters. The highest BCUT2D eigenvalue weighted by molar-refractivity contribution is 9.10. The van der Waals surface area contributed by atoms with Crippen molar-refractivity contribution in [2.24, 2.45) is 0 Å². The standard InChI is InChI=1S/C21H22BrFN2O2/c22-17-13-16(8-9-18(17)23)10-11-24-21(27)19-7-4-12-25(19)20(26)14-15-5-2-1-3-6-15/h1-3,5-6,8-9,13,19H,4,7,10-12,14H2,(H,24,27). The van der Waals surface area contributed by atoms with Gasteiger partial charge in [0, 0.05) is 13.1 Å². The van der Waals surface area contributed by atoms with E-state index >= 15 is 0 Å². The number of carbonyl (C=O) groups excluding carboxylic acids is 2. The molecule has 1 heterocycles. The van der Waals surface area contributed by atoms with Gasteiger partial charge in [-0.1, -0.05) is 36.4 Å². The van der Waals surface area contributed by atoms with E-state index in [4.69, 9.17) is 0 Å². The van der Waals surface area contributed by atoms with E-state index in [2.05, 4.69) is 21.2 Å². The van der Waals surface area contributed by atoms with Crippen molar-refractivity contribution in [3.05, 3.63) is 69.9 Å². The van der Waals surface area contributed by atoms with Crippen LogP contribution >= 0.6 is 15.9 Å². The van der Waals surface area contributed by atoms with Crippen LogP contribution in [0.15, 0.2) is 53.0 Å². The zero-order valence-corrected chi connectivity index (χ0v) is 16.5. The molecule has 1 fully saturated rings. The van der Waals surface area contributed by atoms with Crippen LogP contribution in [-0.4, -0.2) is 35.8 Å². The van der Waals surface area contributed by atoms with Crippen molar-refractivity contribution >= 4 is 27.7 Å². The van der Waals surface area contributed by atoms with Crippen molar-refractivity contribution in [3.8, 4) is 0 Å². The second-order valence-electron chi connectivity index (χ2n) is 6.70. The monoisotopic (exact) mass is 432 g/mol. The molecule has 27 heavy (non-hydrogen) atoms. The highest BCUT2D eigenvalue weighted by Gasteiger charge is 2.33. The second kappa shape index (κ2) is 9.13. The summed E-state index contributed by atoms with van der Waals surface area (Å²) in [6, 6.07) is 14.0. The number of hydrogen-bond acceptors (Lipinski definition) is 2. The van der Waals surface area contributed by atoms with E-state index in [0.29, 0.717) is 36.8 Å². The fourth-order valence-corrected chi connectivity index (χ4v) is 3.78. The molecule has 0 aromatic heterocycles. The molecular formula is C21H22BrFN2O2. The first kappa shape index (κ1) is 19.5. The molecule has 0 bridgehead atoms. The predicted molar refractivity (Wildman–Crippen MR) is 106 cm³/mol. The molecule has 0 aliphatic carbocycles. The van der Waals surface area contributed by atoms with E-state index in [9.17, 15) is 14.0 Å². The molecule has 1 N–H and O–H groups in total. The molecule has 1 aliphatic heterocycles. The molecule has 6 heteroatoms. The fourth-order valence-electron chi connectivity index (χ4n) is 3.35. The zero-order chi connectivity index (χ0) is 19.2. The number of hydrogen-bond donors (Lipinski definition) is 1. The van der Waals surface area contributed by atoms with Crippen LogP contribution in [0, 0.1) is 5.82 Å².